The molecule has 5 nitrogen and oxygen atoms in total. The van der Waals surface area contributed by atoms with Gasteiger partial charge in [0, 0.05) is 6.04 Å². The highest BCUT2D eigenvalue weighted by atomic mass is 16.4. The maximum Gasteiger partial charge on any atom is 0.322 e. The van der Waals surface area contributed by atoms with Gasteiger partial charge in [-0.2, -0.15) is 0 Å². The van der Waals surface area contributed by atoms with Crippen LogP contribution in [0.15, 0.2) is 0 Å². The molecule has 0 spiro atoms. The highest BCUT2D eigenvalue weighted by molar-refractivity contribution is 5.82. The highest BCUT2D eigenvalue weighted by Crippen LogP contribution is 2.16. The number of aliphatic carboxylic acids is 1. The zero-order chi connectivity index (χ0) is 10.4. The largest absolute Gasteiger partial charge is 0.480 e. The second kappa shape index (κ2) is 5.59. The van der Waals surface area contributed by atoms with Crippen LogP contribution in [0.1, 0.15) is 25.7 Å². The van der Waals surface area contributed by atoms with Gasteiger partial charge in [-0.15, -0.1) is 0 Å². The predicted molar refractivity (Wildman–Crippen MR) is 50.9 cm³/mol. The SMILES string of the molecule is O=C(O)CNC(=O)CNC1CCCC1. The Hall–Kier alpha value is -1.10. The molecule has 1 rings (SSSR count). The van der Waals surface area contributed by atoms with Gasteiger partial charge < -0.3 is 15.7 Å². The van der Waals surface area contributed by atoms with Crippen LogP contribution in [-0.4, -0.2) is 36.1 Å². The van der Waals surface area contributed by atoms with E-state index in [-0.39, 0.29) is 19.0 Å². The van der Waals surface area contributed by atoms with Crippen molar-refractivity contribution in [2.45, 2.75) is 31.7 Å². The molecule has 1 aliphatic carbocycles. The lowest BCUT2D eigenvalue weighted by Crippen LogP contribution is -2.39. The van der Waals surface area contributed by atoms with Gasteiger partial charge >= 0.3 is 5.97 Å². The molecule has 0 aromatic carbocycles. The van der Waals surface area contributed by atoms with Crippen LogP contribution in [0.5, 0.6) is 0 Å². The van der Waals surface area contributed by atoms with Crippen LogP contribution in [0.25, 0.3) is 0 Å². The van der Waals surface area contributed by atoms with Gasteiger partial charge in [0.15, 0.2) is 0 Å². The Morgan fingerprint density at radius 1 is 1.21 bits per heavy atom. The second-order valence-electron chi connectivity index (χ2n) is 3.53. The van der Waals surface area contributed by atoms with Gasteiger partial charge in [-0.1, -0.05) is 12.8 Å². The molecule has 0 radical (unpaired) electrons. The van der Waals surface area contributed by atoms with E-state index in [1.54, 1.807) is 0 Å². The Labute approximate surface area is 82.9 Å². The summed E-state index contributed by atoms with van der Waals surface area (Å²) in [5.41, 5.74) is 0. The van der Waals surface area contributed by atoms with Gasteiger partial charge in [0.2, 0.25) is 5.91 Å². The first-order chi connectivity index (χ1) is 6.68. The molecule has 0 aliphatic heterocycles. The van der Waals surface area contributed by atoms with Gasteiger partial charge in [-0.3, -0.25) is 9.59 Å². The topological polar surface area (TPSA) is 78.4 Å². The first kappa shape index (κ1) is 11.0. The summed E-state index contributed by atoms with van der Waals surface area (Å²) < 4.78 is 0. The maximum absolute atomic E-state index is 11.1. The summed E-state index contributed by atoms with van der Waals surface area (Å²) in [5.74, 6) is -1.27. The zero-order valence-electron chi connectivity index (χ0n) is 8.08. The van der Waals surface area contributed by atoms with Crippen molar-refractivity contribution in [1.82, 2.24) is 10.6 Å². The molecule has 1 amide bonds. The van der Waals surface area contributed by atoms with E-state index in [0.717, 1.165) is 12.8 Å². The molecule has 0 atom stereocenters. The van der Waals surface area contributed by atoms with Gasteiger partial charge in [0.1, 0.15) is 6.54 Å². The summed E-state index contributed by atoms with van der Waals surface area (Å²) in [5, 5.41) is 13.7. The molecule has 0 unspecified atom stereocenters. The molecule has 5 heteroatoms. The summed E-state index contributed by atoms with van der Waals surface area (Å²) in [6.07, 6.45) is 4.67. The Balaban J connectivity index is 2.05. The molecular formula is C9H16N2O3. The van der Waals surface area contributed by atoms with E-state index in [4.69, 9.17) is 5.11 Å². The van der Waals surface area contributed by atoms with Crippen LogP contribution in [0.3, 0.4) is 0 Å². The molecule has 0 saturated heterocycles. The number of carbonyl (C=O) groups excluding carboxylic acids is 1. The van der Waals surface area contributed by atoms with E-state index in [0.29, 0.717) is 6.04 Å². The van der Waals surface area contributed by atoms with Crippen molar-refractivity contribution in [3.05, 3.63) is 0 Å². The molecule has 0 aromatic rings. The highest BCUT2D eigenvalue weighted by Gasteiger charge is 2.15. The van der Waals surface area contributed by atoms with Gasteiger partial charge in [0.25, 0.3) is 0 Å². The average molecular weight is 200 g/mol. The number of carboxylic acid groups (broad SMARTS) is 1. The summed E-state index contributed by atoms with van der Waals surface area (Å²) >= 11 is 0. The lowest BCUT2D eigenvalue weighted by atomic mass is 10.2. The van der Waals surface area contributed by atoms with E-state index in [1.807, 2.05) is 0 Å². The molecule has 1 saturated carbocycles. The molecule has 1 fully saturated rings. The first-order valence-corrected chi connectivity index (χ1v) is 4.90. The van der Waals surface area contributed by atoms with Crippen LogP contribution in [0, 0.1) is 0 Å². The van der Waals surface area contributed by atoms with E-state index >= 15 is 0 Å². The molecule has 14 heavy (non-hydrogen) atoms. The number of carboxylic acids is 1. The fraction of sp³-hybridized carbons (Fsp3) is 0.778. The van der Waals surface area contributed by atoms with E-state index in [1.165, 1.54) is 12.8 Å². The summed E-state index contributed by atoms with van der Waals surface area (Å²) in [4.78, 5) is 21.2. The number of amides is 1. The third-order valence-corrected chi connectivity index (χ3v) is 2.34. The molecule has 0 bridgehead atoms. The molecule has 1 aliphatic rings. The Morgan fingerprint density at radius 3 is 2.43 bits per heavy atom. The normalized spacial score (nSPS) is 16.9. The Morgan fingerprint density at radius 2 is 1.86 bits per heavy atom. The van der Waals surface area contributed by atoms with Crippen molar-refractivity contribution in [3.63, 3.8) is 0 Å². The molecule has 80 valence electrons. The Bertz CT molecular complexity index is 212. The number of hydrogen-bond donors (Lipinski definition) is 3. The van der Waals surface area contributed by atoms with Gasteiger partial charge in [0.05, 0.1) is 6.54 Å². The van der Waals surface area contributed by atoms with Crippen molar-refractivity contribution in [3.8, 4) is 0 Å². The predicted octanol–water partition coefficient (Wildman–Crippen LogP) is -0.281. The Kier molecular flexibility index (Phi) is 4.39. The van der Waals surface area contributed by atoms with Crippen LogP contribution < -0.4 is 10.6 Å². The monoisotopic (exact) mass is 200 g/mol. The standard InChI is InChI=1S/C9H16N2O3/c12-8(11-6-9(13)14)5-10-7-3-1-2-4-7/h7,10H,1-6H2,(H,11,12)(H,13,14). The van der Waals surface area contributed by atoms with Crippen molar-refractivity contribution in [2.24, 2.45) is 0 Å². The molecular weight excluding hydrogens is 184 g/mol. The fourth-order valence-electron chi connectivity index (χ4n) is 1.60. The summed E-state index contributed by atoms with van der Waals surface area (Å²) in [6.45, 7) is -0.0802. The van der Waals surface area contributed by atoms with Crippen LogP contribution in [0.2, 0.25) is 0 Å². The zero-order valence-corrected chi connectivity index (χ0v) is 8.08. The minimum Gasteiger partial charge on any atom is -0.480 e. The maximum atomic E-state index is 11.1. The van der Waals surface area contributed by atoms with Crippen LogP contribution >= 0.6 is 0 Å². The smallest absolute Gasteiger partial charge is 0.322 e. The molecule has 0 aromatic heterocycles. The first-order valence-electron chi connectivity index (χ1n) is 4.90. The lowest BCUT2D eigenvalue weighted by molar-refractivity contribution is -0.137. The number of nitrogens with one attached hydrogen (secondary N) is 2. The summed E-state index contributed by atoms with van der Waals surface area (Å²) in [6, 6.07) is 0.436. The van der Waals surface area contributed by atoms with Crippen LogP contribution in [-0.2, 0) is 9.59 Å². The van der Waals surface area contributed by atoms with Crippen molar-refractivity contribution in [1.29, 1.82) is 0 Å². The molecule has 3 N–H and O–H groups in total. The second-order valence-corrected chi connectivity index (χ2v) is 3.53. The van der Waals surface area contributed by atoms with Gasteiger partial charge in [-0.25, -0.2) is 0 Å². The van der Waals surface area contributed by atoms with E-state index < -0.39 is 5.97 Å². The fourth-order valence-corrected chi connectivity index (χ4v) is 1.60. The van der Waals surface area contributed by atoms with Crippen molar-refractivity contribution < 1.29 is 14.7 Å². The lowest BCUT2D eigenvalue weighted by Gasteiger charge is -2.10. The minimum atomic E-state index is -1.01. The third-order valence-electron chi connectivity index (χ3n) is 2.34. The van der Waals surface area contributed by atoms with E-state index in [2.05, 4.69) is 10.6 Å². The average Bonchev–Trinajstić information content (AvgIpc) is 2.63. The van der Waals surface area contributed by atoms with E-state index in [9.17, 15) is 9.59 Å². The van der Waals surface area contributed by atoms with Crippen molar-refractivity contribution >= 4 is 11.9 Å². The minimum absolute atomic E-state index is 0.220. The number of carbonyl (C=O) groups is 2. The number of rotatable bonds is 5. The van der Waals surface area contributed by atoms with Gasteiger partial charge in [-0.05, 0) is 12.8 Å². The molecule has 0 heterocycles. The quantitative estimate of drug-likeness (QED) is 0.570. The summed E-state index contributed by atoms with van der Waals surface area (Å²) in [7, 11) is 0. The van der Waals surface area contributed by atoms with Crippen molar-refractivity contribution in [2.75, 3.05) is 13.1 Å². The van der Waals surface area contributed by atoms with Crippen LogP contribution in [0.4, 0.5) is 0 Å². The number of hydrogen-bond acceptors (Lipinski definition) is 3. The third kappa shape index (κ3) is 4.23.